The molecule has 0 radical (unpaired) electrons. The van der Waals surface area contributed by atoms with E-state index in [0.717, 1.165) is 22.5 Å². The van der Waals surface area contributed by atoms with Crippen LogP contribution in [0.25, 0.3) is 0 Å². The number of alkyl halides is 1. The number of rotatable bonds is 5. The summed E-state index contributed by atoms with van der Waals surface area (Å²) in [4.78, 5) is 21.7. The van der Waals surface area contributed by atoms with Crippen LogP contribution in [-0.2, 0) is 0 Å². The molecule has 7 nitrogen and oxygen atoms in total. The van der Waals surface area contributed by atoms with E-state index in [4.69, 9.17) is 21.1 Å². The molecule has 0 spiro atoms. The van der Waals surface area contributed by atoms with Crippen LogP contribution in [-0.4, -0.2) is 40.2 Å². The fourth-order valence-electron chi connectivity index (χ4n) is 4.34. The summed E-state index contributed by atoms with van der Waals surface area (Å²) in [5.41, 5.74) is 4.35. The van der Waals surface area contributed by atoms with Crippen molar-refractivity contribution in [3.8, 4) is 0 Å². The molecule has 5 rings (SSSR count). The Hall–Kier alpha value is -3.29. The number of carbonyl (C=O) groups excluding carboxylic acids is 1. The quantitative estimate of drug-likeness (QED) is 0.433. The summed E-state index contributed by atoms with van der Waals surface area (Å²) in [6.45, 7) is 2.98. The SMILES string of the molecule is Cc1nc(C2C=CC(=NCCNC3c4ccccc4NC(=O)c4ccccc43)C(Cl)C2)no1. The van der Waals surface area contributed by atoms with E-state index in [-0.39, 0.29) is 23.2 Å². The van der Waals surface area contributed by atoms with E-state index < -0.39 is 0 Å². The summed E-state index contributed by atoms with van der Waals surface area (Å²) < 4.78 is 5.08. The highest BCUT2D eigenvalue weighted by Gasteiger charge is 2.27. The van der Waals surface area contributed by atoms with Gasteiger partial charge in [0.1, 0.15) is 0 Å². The Balaban J connectivity index is 1.30. The van der Waals surface area contributed by atoms with Gasteiger partial charge in [0.05, 0.1) is 23.7 Å². The average molecular weight is 462 g/mol. The van der Waals surface area contributed by atoms with Crippen molar-refractivity contribution in [3.05, 3.63) is 89.1 Å². The highest BCUT2D eigenvalue weighted by molar-refractivity contribution is 6.34. The average Bonchev–Trinajstić information content (AvgIpc) is 3.22. The van der Waals surface area contributed by atoms with Crippen molar-refractivity contribution < 1.29 is 9.32 Å². The van der Waals surface area contributed by atoms with Crippen molar-refractivity contribution in [1.82, 2.24) is 15.5 Å². The molecule has 3 unspecified atom stereocenters. The smallest absolute Gasteiger partial charge is 0.256 e. The molecular weight excluding hydrogens is 438 g/mol. The number of hydrogen-bond acceptors (Lipinski definition) is 6. The van der Waals surface area contributed by atoms with E-state index >= 15 is 0 Å². The molecule has 3 aromatic rings. The molecule has 2 aromatic carbocycles. The molecule has 8 heteroatoms. The number of anilines is 1. The predicted molar refractivity (Wildman–Crippen MR) is 128 cm³/mol. The number of benzene rings is 2. The van der Waals surface area contributed by atoms with Gasteiger partial charge < -0.3 is 15.2 Å². The van der Waals surface area contributed by atoms with Crippen LogP contribution in [0.1, 0.15) is 51.6 Å². The van der Waals surface area contributed by atoms with Crippen molar-refractivity contribution in [2.75, 3.05) is 18.4 Å². The summed E-state index contributed by atoms with van der Waals surface area (Å²) >= 11 is 6.60. The van der Waals surface area contributed by atoms with Gasteiger partial charge in [-0.15, -0.1) is 11.6 Å². The lowest BCUT2D eigenvalue weighted by atomic mass is 9.93. The Morgan fingerprint density at radius 1 is 1.18 bits per heavy atom. The number of fused-ring (bicyclic) bond motifs is 2. The molecule has 168 valence electrons. The van der Waals surface area contributed by atoms with Gasteiger partial charge >= 0.3 is 0 Å². The molecule has 0 bridgehead atoms. The second-order valence-electron chi connectivity index (χ2n) is 8.16. The fraction of sp³-hybridized carbons (Fsp3) is 0.280. The zero-order valence-electron chi connectivity index (χ0n) is 18.2. The van der Waals surface area contributed by atoms with Crippen molar-refractivity contribution in [2.24, 2.45) is 4.99 Å². The lowest BCUT2D eigenvalue weighted by molar-refractivity contribution is 0.102. The van der Waals surface area contributed by atoms with Gasteiger partial charge in [0.25, 0.3) is 5.91 Å². The van der Waals surface area contributed by atoms with Gasteiger partial charge in [-0.25, -0.2) is 0 Å². The van der Waals surface area contributed by atoms with E-state index in [1.54, 1.807) is 6.92 Å². The lowest BCUT2D eigenvalue weighted by Gasteiger charge is -2.21. The van der Waals surface area contributed by atoms with Crippen LogP contribution in [0.5, 0.6) is 0 Å². The Kier molecular flexibility index (Phi) is 6.07. The van der Waals surface area contributed by atoms with Crippen LogP contribution in [0.15, 0.2) is 70.2 Å². The molecule has 1 aliphatic carbocycles. The maximum atomic E-state index is 12.7. The van der Waals surface area contributed by atoms with Crippen molar-refractivity contribution in [3.63, 3.8) is 0 Å². The zero-order chi connectivity index (χ0) is 22.8. The molecule has 2 N–H and O–H groups in total. The van der Waals surface area contributed by atoms with Crippen LogP contribution in [0.4, 0.5) is 5.69 Å². The van der Waals surface area contributed by atoms with E-state index in [9.17, 15) is 4.79 Å². The summed E-state index contributed by atoms with van der Waals surface area (Å²) in [5.74, 6) is 1.15. The van der Waals surface area contributed by atoms with Crippen LogP contribution < -0.4 is 10.6 Å². The molecule has 1 aromatic heterocycles. The number of nitrogens with zero attached hydrogens (tertiary/aromatic N) is 3. The Labute approximate surface area is 197 Å². The minimum absolute atomic E-state index is 0.0334. The Morgan fingerprint density at radius 2 is 1.97 bits per heavy atom. The first kappa shape index (κ1) is 21.6. The molecule has 0 saturated heterocycles. The van der Waals surface area contributed by atoms with Gasteiger partial charge in [0.2, 0.25) is 5.89 Å². The third-order valence-electron chi connectivity index (χ3n) is 5.95. The molecule has 0 saturated carbocycles. The summed E-state index contributed by atoms with van der Waals surface area (Å²) in [5, 5.41) is 10.4. The van der Waals surface area contributed by atoms with Gasteiger partial charge in [-0.1, -0.05) is 47.6 Å². The van der Waals surface area contributed by atoms with Gasteiger partial charge in [-0.3, -0.25) is 9.79 Å². The Morgan fingerprint density at radius 3 is 2.76 bits per heavy atom. The van der Waals surface area contributed by atoms with Crippen molar-refractivity contribution in [2.45, 2.75) is 30.7 Å². The van der Waals surface area contributed by atoms with Gasteiger partial charge in [0, 0.05) is 30.6 Å². The zero-order valence-corrected chi connectivity index (χ0v) is 18.9. The number of halogens is 1. The summed E-state index contributed by atoms with van der Waals surface area (Å²) in [7, 11) is 0. The minimum atomic E-state index is -0.208. The maximum Gasteiger partial charge on any atom is 0.256 e. The van der Waals surface area contributed by atoms with Crippen molar-refractivity contribution in [1.29, 1.82) is 0 Å². The predicted octanol–water partition coefficient (Wildman–Crippen LogP) is 4.41. The molecule has 2 aliphatic rings. The number of allylic oxidation sites excluding steroid dienone is 2. The molecule has 33 heavy (non-hydrogen) atoms. The highest BCUT2D eigenvalue weighted by atomic mass is 35.5. The van der Waals surface area contributed by atoms with Crippen LogP contribution in [0.2, 0.25) is 0 Å². The third kappa shape index (κ3) is 4.47. The van der Waals surface area contributed by atoms with Crippen LogP contribution in [0.3, 0.4) is 0 Å². The Bertz CT molecular complexity index is 1230. The van der Waals surface area contributed by atoms with E-state index in [1.807, 2.05) is 60.7 Å². The third-order valence-corrected chi connectivity index (χ3v) is 6.35. The standard InChI is InChI=1S/C25H24ClN5O2/c1-15-29-24(31-33-15)16-10-11-22(20(26)14-16)27-12-13-28-23-17-6-2-3-7-18(17)25(32)30-21-9-5-4-8-19(21)23/h2-11,16,20,23,28H,12-14H2,1H3,(H,30,32). The first-order chi connectivity index (χ1) is 16.1. The maximum absolute atomic E-state index is 12.7. The van der Waals surface area contributed by atoms with Gasteiger partial charge in [-0.05, 0) is 35.8 Å². The number of aromatic nitrogens is 2. The largest absolute Gasteiger partial charge is 0.340 e. The molecule has 2 heterocycles. The molecule has 1 aliphatic heterocycles. The van der Waals surface area contributed by atoms with Crippen LogP contribution >= 0.6 is 11.6 Å². The number of hydrogen-bond donors (Lipinski definition) is 2. The number of aryl methyl sites for hydroxylation is 1. The number of para-hydroxylation sites is 1. The summed E-state index contributed by atoms with van der Waals surface area (Å²) in [6, 6.07) is 15.5. The van der Waals surface area contributed by atoms with E-state index in [1.165, 1.54) is 0 Å². The number of aliphatic imine (C=N–C) groups is 1. The number of carbonyl (C=O) groups is 1. The van der Waals surface area contributed by atoms with Gasteiger partial charge in [0.15, 0.2) is 5.82 Å². The first-order valence-corrected chi connectivity index (χ1v) is 11.4. The molecule has 1 amide bonds. The van der Waals surface area contributed by atoms with E-state index in [0.29, 0.717) is 36.8 Å². The topological polar surface area (TPSA) is 92.4 Å². The normalized spacial score (nSPS) is 23.0. The van der Waals surface area contributed by atoms with Gasteiger partial charge in [-0.2, -0.15) is 4.98 Å². The monoisotopic (exact) mass is 461 g/mol. The second-order valence-corrected chi connectivity index (χ2v) is 8.69. The molecular formula is C25H24ClN5O2. The summed E-state index contributed by atoms with van der Waals surface area (Å²) in [6.07, 6.45) is 4.67. The first-order valence-electron chi connectivity index (χ1n) is 11.0. The minimum Gasteiger partial charge on any atom is -0.340 e. The number of amides is 1. The van der Waals surface area contributed by atoms with Crippen molar-refractivity contribution >= 4 is 28.9 Å². The van der Waals surface area contributed by atoms with E-state index in [2.05, 4.69) is 20.8 Å². The fourth-order valence-corrected chi connectivity index (χ4v) is 4.67. The molecule has 0 fully saturated rings. The molecule has 3 atom stereocenters. The lowest BCUT2D eigenvalue weighted by Crippen LogP contribution is -2.27. The second kappa shape index (κ2) is 9.29. The van der Waals surface area contributed by atoms with Crippen LogP contribution in [0, 0.1) is 6.92 Å². The highest BCUT2D eigenvalue weighted by Crippen LogP contribution is 2.34. The number of nitrogens with one attached hydrogen (secondary N) is 2.